The average molecular weight is 757 g/mol. The maximum Gasteiger partial charge on any atom is 0.573 e. The Labute approximate surface area is 312 Å². The van der Waals surface area contributed by atoms with Crippen molar-refractivity contribution in [3.8, 4) is 33.8 Å². The summed E-state index contributed by atoms with van der Waals surface area (Å²) >= 11 is 6.39. The zero-order chi connectivity index (χ0) is 38.8. The monoisotopic (exact) mass is 756 g/mol. The number of rotatable bonds is 11. The lowest BCUT2D eigenvalue weighted by Crippen LogP contribution is -2.17. The van der Waals surface area contributed by atoms with Crippen LogP contribution in [0, 0.1) is 6.92 Å². The highest BCUT2D eigenvalue weighted by molar-refractivity contribution is 6.33. The predicted molar refractivity (Wildman–Crippen MR) is 200 cm³/mol. The summed E-state index contributed by atoms with van der Waals surface area (Å²) in [7, 11) is 0. The van der Waals surface area contributed by atoms with E-state index in [1.54, 1.807) is 43.3 Å². The molecule has 6 rings (SSSR count). The Kier molecular flexibility index (Phi) is 12.4. The predicted octanol–water partition coefficient (Wildman–Crippen LogP) is 10.6. The van der Waals surface area contributed by atoms with Crippen molar-refractivity contribution >= 4 is 46.6 Å². The number of alkyl halides is 3. The zero-order valence-electron chi connectivity index (χ0n) is 28.7. The van der Waals surface area contributed by atoms with Gasteiger partial charge in [0, 0.05) is 18.1 Å². The van der Waals surface area contributed by atoms with Crippen LogP contribution in [0.4, 0.5) is 36.2 Å². The van der Waals surface area contributed by atoms with Gasteiger partial charge in [0.05, 0.1) is 17.3 Å². The van der Waals surface area contributed by atoms with Gasteiger partial charge in [-0.05, 0) is 114 Å². The molecule has 0 unspecified atom stereocenters. The summed E-state index contributed by atoms with van der Waals surface area (Å²) < 4.78 is 46.7. The third-order valence-electron chi connectivity index (χ3n) is 7.66. The van der Waals surface area contributed by atoms with Gasteiger partial charge in [0.15, 0.2) is 0 Å². The number of carboxylic acids is 2. The number of aromatic carboxylic acids is 2. The van der Waals surface area contributed by atoms with E-state index in [1.807, 2.05) is 43.3 Å². The number of aromatic nitrogens is 2. The molecule has 6 aromatic rings. The van der Waals surface area contributed by atoms with Crippen LogP contribution in [-0.2, 0) is 0 Å². The fraction of sp³-hybridized carbons (Fsp3) is 0.100. The topological polar surface area (TPSA) is 143 Å². The molecular weight excluding hydrogens is 725 g/mol. The number of carbonyl (C=O) groups is 2. The van der Waals surface area contributed by atoms with Crippen molar-refractivity contribution in [1.29, 1.82) is 0 Å². The molecule has 4 aromatic carbocycles. The molecule has 2 aromatic heterocycles. The molecule has 0 saturated carbocycles. The Hall–Kier alpha value is -6.60. The van der Waals surface area contributed by atoms with Crippen molar-refractivity contribution < 1.29 is 42.4 Å². The molecule has 276 valence electrons. The van der Waals surface area contributed by atoms with Gasteiger partial charge in [-0.15, -0.1) is 13.2 Å². The first kappa shape index (κ1) is 38.6. The standard InChI is InChI=1S/C20H17ClN2O3.C20H15F3N2O3/c1-2-26-15-6-3-5-13(11-15)14-8-9-18(17(21)12-14)23-19-16(20(24)25)7-4-10-22-19;1-12-10-14(13-4-2-5-15(11-13)28-20(21,22)23)7-8-17(12)25-18-16(19(26)27)6-3-9-24-18/h3-12H,2H2,1H3,(H,22,23)(H,24,25);2-11H,1H3,(H,24,25)(H,26,27). The Bertz CT molecular complexity index is 2290. The second-order valence-corrected chi connectivity index (χ2v) is 11.8. The van der Waals surface area contributed by atoms with Crippen molar-refractivity contribution in [2.24, 2.45) is 0 Å². The van der Waals surface area contributed by atoms with Crippen LogP contribution in [0.2, 0.25) is 5.02 Å². The van der Waals surface area contributed by atoms with Crippen LogP contribution in [0.25, 0.3) is 22.3 Å². The molecule has 2 heterocycles. The van der Waals surface area contributed by atoms with Crippen LogP contribution < -0.4 is 20.1 Å². The number of nitrogens with one attached hydrogen (secondary N) is 2. The van der Waals surface area contributed by atoms with Gasteiger partial charge in [-0.3, -0.25) is 0 Å². The Morgan fingerprint density at radius 3 is 1.70 bits per heavy atom. The molecule has 0 atom stereocenters. The molecule has 0 aliphatic rings. The number of halogens is 4. The van der Waals surface area contributed by atoms with E-state index < -0.39 is 18.3 Å². The first-order valence-corrected chi connectivity index (χ1v) is 16.6. The Morgan fingerprint density at radius 2 is 1.19 bits per heavy atom. The van der Waals surface area contributed by atoms with Crippen molar-refractivity contribution in [1.82, 2.24) is 9.97 Å². The Balaban J connectivity index is 0.000000208. The van der Waals surface area contributed by atoms with Crippen LogP contribution in [-0.4, -0.2) is 45.1 Å². The summed E-state index contributed by atoms with van der Waals surface area (Å²) in [4.78, 5) is 30.7. The summed E-state index contributed by atoms with van der Waals surface area (Å²) in [6, 6.07) is 30.2. The normalized spacial score (nSPS) is 10.8. The number of nitrogens with zero attached hydrogens (tertiary/aromatic N) is 2. The molecule has 0 amide bonds. The molecule has 0 bridgehead atoms. The number of hydrogen-bond donors (Lipinski definition) is 4. The zero-order valence-corrected chi connectivity index (χ0v) is 29.4. The van der Waals surface area contributed by atoms with Crippen LogP contribution in [0.3, 0.4) is 0 Å². The molecule has 4 N–H and O–H groups in total. The molecule has 0 aliphatic carbocycles. The van der Waals surface area contributed by atoms with Gasteiger partial charge < -0.3 is 30.3 Å². The molecule has 0 spiro atoms. The molecule has 0 saturated heterocycles. The minimum atomic E-state index is -4.76. The quantitative estimate of drug-likeness (QED) is 0.101. The van der Waals surface area contributed by atoms with E-state index >= 15 is 0 Å². The first-order chi connectivity index (χ1) is 25.8. The maximum atomic E-state index is 12.4. The average Bonchev–Trinajstić information content (AvgIpc) is 3.13. The van der Waals surface area contributed by atoms with E-state index in [9.17, 15) is 33.0 Å². The number of benzene rings is 4. The largest absolute Gasteiger partial charge is 0.573 e. The van der Waals surface area contributed by atoms with Gasteiger partial charge in [0.2, 0.25) is 0 Å². The van der Waals surface area contributed by atoms with Gasteiger partial charge in [0.25, 0.3) is 0 Å². The number of ether oxygens (including phenoxy) is 2. The molecule has 0 fully saturated rings. The molecule has 54 heavy (non-hydrogen) atoms. The highest BCUT2D eigenvalue weighted by atomic mass is 35.5. The molecular formula is C40H32ClF3N4O6. The summed E-state index contributed by atoms with van der Waals surface area (Å²) in [6.07, 6.45) is -1.76. The van der Waals surface area contributed by atoms with Crippen LogP contribution in [0.5, 0.6) is 11.5 Å². The lowest BCUT2D eigenvalue weighted by molar-refractivity contribution is -0.274. The fourth-order valence-corrected chi connectivity index (χ4v) is 5.42. The van der Waals surface area contributed by atoms with Crippen molar-refractivity contribution in [3.63, 3.8) is 0 Å². The van der Waals surface area contributed by atoms with Gasteiger partial charge in [-0.25, -0.2) is 19.6 Å². The number of hydrogen-bond acceptors (Lipinski definition) is 8. The van der Waals surface area contributed by atoms with Gasteiger partial charge in [0.1, 0.15) is 34.3 Å². The van der Waals surface area contributed by atoms with Gasteiger partial charge in [-0.2, -0.15) is 0 Å². The smallest absolute Gasteiger partial charge is 0.494 e. The highest BCUT2D eigenvalue weighted by Crippen LogP contribution is 2.33. The van der Waals surface area contributed by atoms with Crippen molar-refractivity contribution in [2.75, 3.05) is 17.2 Å². The third kappa shape index (κ3) is 10.3. The summed E-state index contributed by atoms with van der Waals surface area (Å²) in [5, 5.41) is 24.9. The van der Waals surface area contributed by atoms with Crippen LogP contribution in [0.15, 0.2) is 122 Å². The third-order valence-corrected chi connectivity index (χ3v) is 7.97. The SMILES string of the molecule is CCOc1cccc(-c2ccc(Nc3ncccc3C(=O)O)c(Cl)c2)c1.Cc1cc(-c2cccc(OC(F)(F)F)c2)ccc1Nc1ncccc1C(=O)O. The van der Waals surface area contributed by atoms with E-state index in [0.29, 0.717) is 34.1 Å². The summed E-state index contributed by atoms with van der Waals surface area (Å²) in [5.74, 6) is -1.22. The lowest BCUT2D eigenvalue weighted by atomic mass is 10.0. The number of carboxylic acid groups (broad SMARTS) is 2. The highest BCUT2D eigenvalue weighted by Gasteiger charge is 2.31. The van der Waals surface area contributed by atoms with Crippen LogP contribution >= 0.6 is 11.6 Å². The number of anilines is 4. The first-order valence-electron chi connectivity index (χ1n) is 16.2. The van der Waals surface area contributed by atoms with Crippen molar-refractivity contribution in [3.05, 3.63) is 143 Å². The van der Waals surface area contributed by atoms with E-state index in [2.05, 4.69) is 25.3 Å². The van der Waals surface area contributed by atoms with E-state index in [1.165, 1.54) is 48.8 Å². The summed E-state index contributed by atoms with van der Waals surface area (Å²) in [5.41, 5.74) is 5.25. The van der Waals surface area contributed by atoms with Crippen LogP contribution in [0.1, 0.15) is 33.2 Å². The van der Waals surface area contributed by atoms with E-state index in [0.717, 1.165) is 22.4 Å². The molecule has 0 radical (unpaired) electrons. The van der Waals surface area contributed by atoms with Crippen molar-refractivity contribution in [2.45, 2.75) is 20.2 Å². The molecule has 14 heteroatoms. The Morgan fingerprint density at radius 1 is 0.685 bits per heavy atom. The fourth-order valence-electron chi connectivity index (χ4n) is 5.19. The van der Waals surface area contributed by atoms with E-state index in [4.69, 9.17) is 16.3 Å². The second-order valence-electron chi connectivity index (χ2n) is 11.4. The number of aryl methyl sites for hydroxylation is 1. The maximum absolute atomic E-state index is 12.4. The second kappa shape index (κ2) is 17.3. The minimum Gasteiger partial charge on any atom is -0.494 e. The molecule has 0 aliphatic heterocycles. The van der Waals surface area contributed by atoms with Gasteiger partial charge >= 0.3 is 18.3 Å². The minimum absolute atomic E-state index is 0.0305. The summed E-state index contributed by atoms with van der Waals surface area (Å²) in [6.45, 7) is 4.33. The number of pyridine rings is 2. The lowest BCUT2D eigenvalue weighted by Gasteiger charge is -2.13. The molecule has 10 nitrogen and oxygen atoms in total. The van der Waals surface area contributed by atoms with E-state index in [-0.39, 0.29) is 28.5 Å². The van der Waals surface area contributed by atoms with Gasteiger partial charge in [-0.1, -0.05) is 48.0 Å².